The summed E-state index contributed by atoms with van der Waals surface area (Å²) in [6.45, 7) is 5.14. The number of benzene rings is 2. The van der Waals surface area contributed by atoms with Gasteiger partial charge < -0.3 is 14.4 Å². The molecule has 0 bridgehead atoms. The van der Waals surface area contributed by atoms with E-state index in [1.165, 1.54) is 6.07 Å². The average Bonchev–Trinajstić information content (AvgIpc) is 3.35. The summed E-state index contributed by atoms with van der Waals surface area (Å²) in [7, 11) is 0. The average molecular weight is 503 g/mol. The van der Waals surface area contributed by atoms with E-state index in [1.807, 2.05) is 52.3 Å². The molecule has 0 aliphatic carbocycles. The molecule has 1 aliphatic heterocycles. The highest BCUT2D eigenvalue weighted by Crippen LogP contribution is 2.27. The van der Waals surface area contributed by atoms with Gasteiger partial charge in [0.2, 0.25) is 0 Å². The molecular weight excluding hydrogens is 475 g/mol. The van der Waals surface area contributed by atoms with Gasteiger partial charge >= 0.3 is 0 Å². The van der Waals surface area contributed by atoms with Gasteiger partial charge in [-0.25, -0.2) is 4.39 Å². The van der Waals surface area contributed by atoms with Crippen LogP contribution in [0.3, 0.4) is 0 Å². The predicted octanol–water partition coefficient (Wildman–Crippen LogP) is 4.75. The summed E-state index contributed by atoms with van der Waals surface area (Å²) >= 11 is 1.60. The first-order valence-corrected chi connectivity index (χ1v) is 13.0. The second kappa shape index (κ2) is 10.9. The van der Waals surface area contributed by atoms with Crippen molar-refractivity contribution in [2.75, 3.05) is 31.1 Å². The Labute approximate surface area is 214 Å². The van der Waals surface area contributed by atoms with E-state index in [0.717, 1.165) is 28.7 Å². The van der Waals surface area contributed by atoms with Gasteiger partial charge in [0.05, 0.1) is 5.69 Å². The van der Waals surface area contributed by atoms with Crippen LogP contribution in [0.25, 0.3) is 11.4 Å². The maximum absolute atomic E-state index is 14.1. The zero-order valence-corrected chi connectivity index (χ0v) is 20.9. The Hall–Kier alpha value is -3.72. The molecule has 1 amide bonds. The molecule has 9 heteroatoms. The molecule has 1 fully saturated rings. The van der Waals surface area contributed by atoms with Gasteiger partial charge in [-0.15, -0.1) is 10.2 Å². The molecule has 36 heavy (non-hydrogen) atoms. The number of aromatic nitrogens is 4. The number of piperazine rings is 1. The Kier molecular flexibility index (Phi) is 7.27. The number of nitrogens with zero attached hydrogens (tertiary/aromatic N) is 6. The van der Waals surface area contributed by atoms with Gasteiger partial charge in [-0.3, -0.25) is 9.78 Å². The summed E-state index contributed by atoms with van der Waals surface area (Å²) in [5.41, 5.74) is 3.24. The predicted molar refractivity (Wildman–Crippen MR) is 139 cm³/mol. The van der Waals surface area contributed by atoms with Crippen LogP contribution < -0.4 is 4.90 Å². The zero-order valence-electron chi connectivity index (χ0n) is 20.0. The van der Waals surface area contributed by atoms with Crippen molar-refractivity contribution in [1.82, 2.24) is 24.6 Å². The lowest BCUT2D eigenvalue weighted by molar-refractivity contribution is 0.0746. The summed E-state index contributed by atoms with van der Waals surface area (Å²) in [6.07, 6.45) is 3.53. The number of thioether (sulfide) groups is 1. The SMILES string of the molecule is CCn1c(SCc2cccc(C(=O)N3CCN(c4ccccc4F)CC3)c2)nnc1-c1cccnc1. The van der Waals surface area contributed by atoms with Crippen LogP contribution in [-0.4, -0.2) is 56.7 Å². The van der Waals surface area contributed by atoms with E-state index >= 15 is 0 Å². The maximum Gasteiger partial charge on any atom is 0.253 e. The van der Waals surface area contributed by atoms with Gasteiger partial charge in [-0.1, -0.05) is 36.0 Å². The van der Waals surface area contributed by atoms with E-state index in [1.54, 1.807) is 36.3 Å². The molecule has 0 atom stereocenters. The standard InChI is InChI=1S/C27H27FN6OS/c1-2-34-25(22-9-6-12-29-18-22)30-31-27(34)36-19-20-7-5-8-21(17-20)26(35)33-15-13-32(14-16-33)24-11-4-3-10-23(24)28/h3-12,17-18H,2,13-16,19H2,1H3. The second-order valence-corrected chi connectivity index (χ2v) is 9.45. The molecule has 3 heterocycles. The van der Waals surface area contributed by atoms with Crippen molar-refractivity contribution in [2.24, 2.45) is 0 Å². The number of para-hydroxylation sites is 1. The second-order valence-electron chi connectivity index (χ2n) is 8.51. The van der Waals surface area contributed by atoms with Crippen molar-refractivity contribution in [1.29, 1.82) is 0 Å². The molecule has 1 saturated heterocycles. The smallest absolute Gasteiger partial charge is 0.253 e. The minimum Gasteiger partial charge on any atom is -0.366 e. The molecule has 4 aromatic rings. The number of carbonyl (C=O) groups is 1. The minimum atomic E-state index is -0.228. The number of halogens is 1. The Morgan fingerprint density at radius 2 is 1.83 bits per heavy atom. The van der Waals surface area contributed by atoms with E-state index in [4.69, 9.17) is 0 Å². The van der Waals surface area contributed by atoms with E-state index in [9.17, 15) is 9.18 Å². The largest absolute Gasteiger partial charge is 0.366 e. The Morgan fingerprint density at radius 3 is 2.58 bits per heavy atom. The topological polar surface area (TPSA) is 67.2 Å². The Balaban J connectivity index is 1.22. The van der Waals surface area contributed by atoms with Crippen molar-refractivity contribution in [3.8, 4) is 11.4 Å². The monoisotopic (exact) mass is 502 g/mol. The molecular formula is C27H27FN6OS. The van der Waals surface area contributed by atoms with E-state index < -0.39 is 0 Å². The van der Waals surface area contributed by atoms with Crippen molar-refractivity contribution in [2.45, 2.75) is 24.4 Å². The summed E-state index contributed by atoms with van der Waals surface area (Å²) < 4.78 is 16.2. The van der Waals surface area contributed by atoms with Gasteiger partial charge in [0.15, 0.2) is 11.0 Å². The van der Waals surface area contributed by atoms with Crippen LogP contribution in [0.1, 0.15) is 22.8 Å². The third kappa shape index (κ3) is 5.11. The number of anilines is 1. The molecule has 2 aromatic carbocycles. The first kappa shape index (κ1) is 24.0. The first-order chi connectivity index (χ1) is 17.6. The highest BCUT2D eigenvalue weighted by molar-refractivity contribution is 7.98. The Bertz CT molecular complexity index is 1340. The molecule has 0 saturated carbocycles. The lowest BCUT2D eigenvalue weighted by Crippen LogP contribution is -2.49. The fraction of sp³-hybridized carbons (Fsp3) is 0.259. The number of hydrogen-bond donors (Lipinski definition) is 0. The molecule has 1 aliphatic rings. The number of amides is 1. The van der Waals surface area contributed by atoms with Gasteiger partial charge in [-0.05, 0) is 48.9 Å². The quantitative estimate of drug-likeness (QED) is 0.340. The molecule has 0 radical (unpaired) electrons. The molecule has 0 spiro atoms. The molecule has 0 unspecified atom stereocenters. The minimum absolute atomic E-state index is 0.00521. The fourth-order valence-corrected chi connectivity index (χ4v) is 5.32. The summed E-state index contributed by atoms with van der Waals surface area (Å²) in [6, 6.07) is 18.4. The summed E-state index contributed by atoms with van der Waals surface area (Å²) in [4.78, 5) is 21.2. The summed E-state index contributed by atoms with van der Waals surface area (Å²) in [5.74, 6) is 1.25. The van der Waals surface area contributed by atoms with Gasteiger partial charge in [0.25, 0.3) is 5.91 Å². The van der Waals surface area contributed by atoms with Crippen LogP contribution in [0.15, 0.2) is 78.2 Å². The number of pyridine rings is 1. The molecule has 0 N–H and O–H groups in total. The van der Waals surface area contributed by atoms with Crippen molar-refractivity contribution < 1.29 is 9.18 Å². The van der Waals surface area contributed by atoms with Crippen LogP contribution in [0, 0.1) is 5.82 Å². The van der Waals surface area contributed by atoms with Crippen LogP contribution >= 0.6 is 11.8 Å². The lowest BCUT2D eigenvalue weighted by Gasteiger charge is -2.36. The molecule has 7 nitrogen and oxygen atoms in total. The zero-order chi connectivity index (χ0) is 24.9. The highest BCUT2D eigenvalue weighted by Gasteiger charge is 2.24. The van der Waals surface area contributed by atoms with Gasteiger partial charge in [-0.2, -0.15) is 0 Å². The maximum atomic E-state index is 14.1. The van der Waals surface area contributed by atoms with Crippen molar-refractivity contribution in [3.63, 3.8) is 0 Å². The van der Waals surface area contributed by atoms with Gasteiger partial charge in [0.1, 0.15) is 5.82 Å². The highest BCUT2D eigenvalue weighted by atomic mass is 32.2. The normalized spacial score (nSPS) is 13.7. The van der Waals surface area contributed by atoms with Crippen LogP contribution in [0.2, 0.25) is 0 Å². The number of hydrogen-bond acceptors (Lipinski definition) is 6. The number of rotatable bonds is 7. The van der Waals surface area contributed by atoms with E-state index in [2.05, 4.69) is 26.7 Å². The van der Waals surface area contributed by atoms with Crippen molar-refractivity contribution >= 4 is 23.4 Å². The molecule has 184 valence electrons. The first-order valence-electron chi connectivity index (χ1n) is 12.0. The van der Waals surface area contributed by atoms with Gasteiger partial charge in [0, 0.05) is 62.0 Å². The van der Waals surface area contributed by atoms with E-state index in [-0.39, 0.29) is 11.7 Å². The Morgan fingerprint density at radius 1 is 1.00 bits per heavy atom. The lowest BCUT2D eigenvalue weighted by atomic mass is 10.1. The van der Waals surface area contributed by atoms with Crippen LogP contribution in [0.4, 0.5) is 10.1 Å². The number of carbonyl (C=O) groups excluding carboxylic acids is 1. The third-order valence-corrected chi connectivity index (χ3v) is 7.29. The summed E-state index contributed by atoms with van der Waals surface area (Å²) in [5, 5.41) is 9.59. The molecule has 2 aromatic heterocycles. The van der Waals surface area contributed by atoms with E-state index in [0.29, 0.717) is 43.2 Å². The third-order valence-electron chi connectivity index (χ3n) is 6.25. The fourth-order valence-electron chi connectivity index (χ4n) is 4.37. The van der Waals surface area contributed by atoms with Crippen molar-refractivity contribution in [3.05, 3.63) is 90.0 Å². The van der Waals surface area contributed by atoms with Crippen LogP contribution in [-0.2, 0) is 12.3 Å². The molecule has 5 rings (SSSR count). The van der Waals surface area contributed by atoms with Crippen LogP contribution in [0.5, 0.6) is 0 Å².